The maximum atomic E-state index is 12.7. The summed E-state index contributed by atoms with van der Waals surface area (Å²) in [6, 6.07) is 12.3. The maximum absolute atomic E-state index is 12.7. The van der Waals surface area contributed by atoms with Crippen LogP contribution in [-0.4, -0.2) is 30.4 Å². The minimum atomic E-state index is 0.106. The second-order valence-electron chi connectivity index (χ2n) is 5.36. The van der Waals surface area contributed by atoms with Crippen molar-refractivity contribution >= 4 is 17.2 Å². The molecule has 1 amide bonds. The number of carbonyl (C=O) groups is 1. The summed E-state index contributed by atoms with van der Waals surface area (Å²) in [5.41, 5.74) is 8.20. The lowest BCUT2D eigenvalue weighted by atomic mass is 10.1. The number of aryl methyl sites for hydroxylation is 2. The summed E-state index contributed by atoms with van der Waals surface area (Å²) in [7, 11) is 0. The molecule has 0 aliphatic heterocycles. The van der Waals surface area contributed by atoms with Crippen molar-refractivity contribution in [3.8, 4) is 0 Å². The molecule has 2 rings (SSSR count). The van der Waals surface area contributed by atoms with E-state index < -0.39 is 0 Å². The Morgan fingerprint density at radius 2 is 1.95 bits per heavy atom. The van der Waals surface area contributed by atoms with Crippen molar-refractivity contribution in [1.29, 1.82) is 0 Å². The van der Waals surface area contributed by atoms with Crippen LogP contribution in [0.4, 0.5) is 0 Å². The second kappa shape index (κ2) is 8.11. The third kappa shape index (κ3) is 4.18. The molecule has 3 nitrogen and oxygen atoms in total. The lowest BCUT2D eigenvalue weighted by Gasteiger charge is -2.21. The van der Waals surface area contributed by atoms with E-state index in [4.69, 9.17) is 5.73 Å². The number of hydrogen-bond donors (Lipinski definition) is 1. The van der Waals surface area contributed by atoms with Gasteiger partial charge >= 0.3 is 0 Å². The van der Waals surface area contributed by atoms with Gasteiger partial charge in [-0.2, -0.15) is 0 Å². The van der Waals surface area contributed by atoms with E-state index in [1.54, 1.807) is 11.3 Å². The lowest BCUT2D eigenvalue weighted by Crippen LogP contribution is -2.36. The highest BCUT2D eigenvalue weighted by molar-refractivity contribution is 7.14. The Labute approximate surface area is 136 Å². The monoisotopic (exact) mass is 316 g/mol. The van der Waals surface area contributed by atoms with Crippen LogP contribution in [0.3, 0.4) is 0 Å². The predicted octanol–water partition coefficient (Wildman–Crippen LogP) is 3.26. The number of carbonyl (C=O) groups excluding carboxylic acids is 1. The van der Waals surface area contributed by atoms with E-state index in [0.29, 0.717) is 19.6 Å². The van der Waals surface area contributed by atoms with E-state index in [9.17, 15) is 4.79 Å². The highest BCUT2D eigenvalue weighted by atomic mass is 32.1. The first-order chi connectivity index (χ1) is 10.7. The molecule has 1 aromatic heterocycles. The van der Waals surface area contributed by atoms with E-state index in [1.807, 2.05) is 29.2 Å². The van der Waals surface area contributed by atoms with E-state index in [1.165, 1.54) is 16.0 Å². The van der Waals surface area contributed by atoms with E-state index in [0.717, 1.165) is 17.7 Å². The maximum Gasteiger partial charge on any atom is 0.263 e. The zero-order valence-electron chi connectivity index (χ0n) is 13.3. The Morgan fingerprint density at radius 1 is 1.23 bits per heavy atom. The summed E-state index contributed by atoms with van der Waals surface area (Å²) in [6.45, 7) is 6.00. The van der Waals surface area contributed by atoms with Crippen LogP contribution in [-0.2, 0) is 12.8 Å². The van der Waals surface area contributed by atoms with Crippen molar-refractivity contribution < 1.29 is 4.79 Å². The molecule has 0 spiro atoms. The number of thiophene rings is 1. The zero-order chi connectivity index (χ0) is 15.9. The van der Waals surface area contributed by atoms with Gasteiger partial charge in [0.05, 0.1) is 4.88 Å². The Hall–Kier alpha value is -1.65. The van der Waals surface area contributed by atoms with Crippen LogP contribution >= 0.6 is 11.3 Å². The number of nitrogens with zero attached hydrogens (tertiary/aromatic N) is 1. The molecule has 1 aromatic carbocycles. The van der Waals surface area contributed by atoms with Gasteiger partial charge in [0.25, 0.3) is 5.91 Å². The highest BCUT2D eigenvalue weighted by Crippen LogP contribution is 2.23. The first-order valence-electron chi connectivity index (χ1n) is 7.78. The van der Waals surface area contributed by atoms with Gasteiger partial charge in [0, 0.05) is 24.5 Å². The van der Waals surface area contributed by atoms with Crippen LogP contribution in [0.5, 0.6) is 0 Å². The molecular formula is C18H24N2OS. The number of hydrogen-bond acceptors (Lipinski definition) is 3. The van der Waals surface area contributed by atoms with Crippen LogP contribution < -0.4 is 5.73 Å². The average Bonchev–Trinajstić information content (AvgIpc) is 2.92. The van der Waals surface area contributed by atoms with Gasteiger partial charge in [-0.25, -0.2) is 0 Å². The Balaban J connectivity index is 2.07. The molecule has 0 fully saturated rings. The molecular weight excluding hydrogens is 292 g/mol. The molecule has 0 saturated carbocycles. The smallest absolute Gasteiger partial charge is 0.263 e. The van der Waals surface area contributed by atoms with Gasteiger partial charge < -0.3 is 10.6 Å². The minimum Gasteiger partial charge on any atom is -0.336 e. The standard InChI is InChI=1S/C18H24N2OS/c1-3-16-13-17(22-14(16)2)18(21)20(12-10-19)11-9-15-7-5-4-6-8-15/h4-8,13H,3,9-12,19H2,1-2H3. The first kappa shape index (κ1) is 16.7. The fourth-order valence-electron chi connectivity index (χ4n) is 2.51. The summed E-state index contributed by atoms with van der Waals surface area (Å²) >= 11 is 1.59. The van der Waals surface area contributed by atoms with Crippen molar-refractivity contribution in [3.05, 3.63) is 57.3 Å². The fourth-order valence-corrected chi connectivity index (χ4v) is 3.59. The SMILES string of the molecule is CCc1cc(C(=O)N(CCN)CCc2ccccc2)sc1C. The Kier molecular flexibility index (Phi) is 6.16. The van der Waals surface area contributed by atoms with Crippen LogP contribution in [0.2, 0.25) is 0 Å². The third-order valence-electron chi connectivity index (χ3n) is 3.81. The number of rotatable bonds is 7. The number of nitrogens with two attached hydrogens (primary N) is 1. The summed E-state index contributed by atoms with van der Waals surface area (Å²) in [5, 5.41) is 0. The van der Waals surface area contributed by atoms with E-state index >= 15 is 0 Å². The molecule has 0 radical (unpaired) electrons. The van der Waals surface area contributed by atoms with Gasteiger partial charge in [-0.05, 0) is 37.0 Å². The summed E-state index contributed by atoms with van der Waals surface area (Å²) in [5.74, 6) is 0.106. The summed E-state index contributed by atoms with van der Waals surface area (Å²) in [4.78, 5) is 16.7. The first-order valence-corrected chi connectivity index (χ1v) is 8.60. The van der Waals surface area contributed by atoms with E-state index in [2.05, 4.69) is 26.0 Å². The molecule has 1 heterocycles. The van der Waals surface area contributed by atoms with Gasteiger partial charge in [0.15, 0.2) is 0 Å². The van der Waals surface area contributed by atoms with Gasteiger partial charge in [0.2, 0.25) is 0 Å². The third-order valence-corrected chi connectivity index (χ3v) is 4.89. The molecule has 22 heavy (non-hydrogen) atoms. The van der Waals surface area contributed by atoms with Crippen molar-refractivity contribution in [2.45, 2.75) is 26.7 Å². The van der Waals surface area contributed by atoms with Crippen LogP contribution in [0.15, 0.2) is 36.4 Å². The topological polar surface area (TPSA) is 46.3 Å². The number of amides is 1. The van der Waals surface area contributed by atoms with Crippen molar-refractivity contribution in [1.82, 2.24) is 4.90 Å². The fraction of sp³-hybridized carbons (Fsp3) is 0.389. The minimum absolute atomic E-state index is 0.106. The number of benzene rings is 1. The van der Waals surface area contributed by atoms with Crippen LogP contribution in [0.25, 0.3) is 0 Å². The molecule has 0 unspecified atom stereocenters. The van der Waals surface area contributed by atoms with Gasteiger partial charge in [-0.3, -0.25) is 4.79 Å². The van der Waals surface area contributed by atoms with Crippen molar-refractivity contribution in [2.75, 3.05) is 19.6 Å². The van der Waals surface area contributed by atoms with Crippen molar-refractivity contribution in [3.63, 3.8) is 0 Å². The van der Waals surface area contributed by atoms with E-state index in [-0.39, 0.29) is 5.91 Å². The quantitative estimate of drug-likeness (QED) is 0.852. The molecule has 0 atom stereocenters. The van der Waals surface area contributed by atoms with Gasteiger partial charge in [-0.15, -0.1) is 11.3 Å². The molecule has 0 aliphatic carbocycles. The molecule has 2 N–H and O–H groups in total. The summed E-state index contributed by atoms with van der Waals surface area (Å²) < 4.78 is 0. The van der Waals surface area contributed by atoms with Gasteiger partial charge in [0.1, 0.15) is 0 Å². The Morgan fingerprint density at radius 3 is 2.55 bits per heavy atom. The van der Waals surface area contributed by atoms with Crippen molar-refractivity contribution in [2.24, 2.45) is 5.73 Å². The predicted molar refractivity (Wildman–Crippen MR) is 93.5 cm³/mol. The lowest BCUT2D eigenvalue weighted by molar-refractivity contribution is 0.0767. The molecule has 0 bridgehead atoms. The normalized spacial score (nSPS) is 10.7. The van der Waals surface area contributed by atoms with Crippen LogP contribution in [0.1, 0.15) is 32.6 Å². The van der Waals surface area contributed by atoms with Crippen LogP contribution in [0, 0.1) is 6.92 Å². The molecule has 118 valence electrons. The Bertz CT molecular complexity index is 607. The highest BCUT2D eigenvalue weighted by Gasteiger charge is 2.18. The molecule has 0 aliphatic rings. The zero-order valence-corrected chi connectivity index (χ0v) is 14.2. The second-order valence-corrected chi connectivity index (χ2v) is 6.62. The summed E-state index contributed by atoms with van der Waals surface area (Å²) in [6.07, 6.45) is 1.83. The largest absolute Gasteiger partial charge is 0.336 e. The molecule has 2 aromatic rings. The molecule has 0 saturated heterocycles. The van der Waals surface area contributed by atoms with Gasteiger partial charge in [-0.1, -0.05) is 37.3 Å². The average molecular weight is 316 g/mol. The molecule has 4 heteroatoms.